The highest BCUT2D eigenvalue weighted by molar-refractivity contribution is 7.18. The number of halogens is 1. The van der Waals surface area contributed by atoms with Gasteiger partial charge in [-0.05, 0) is 55.0 Å². The van der Waals surface area contributed by atoms with E-state index in [2.05, 4.69) is 12.1 Å². The highest BCUT2D eigenvalue weighted by Crippen LogP contribution is 2.35. The van der Waals surface area contributed by atoms with Crippen molar-refractivity contribution in [3.8, 4) is 5.69 Å². The lowest BCUT2D eigenvalue weighted by atomic mass is 10.1. The number of thiophene rings is 1. The van der Waals surface area contributed by atoms with E-state index in [9.17, 15) is 9.59 Å². The molecule has 5 rings (SSSR count). The summed E-state index contributed by atoms with van der Waals surface area (Å²) in [6.07, 6.45) is 3.68. The number of benzene rings is 2. The molecule has 2 heterocycles. The molecule has 146 valence electrons. The Morgan fingerprint density at radius 1 is 1.00 bits per heavy atom. The van der Waals surface area contributed by atoms with Crippen molar-refractivity contribution in [2.75, 3.05) is 0 Å². The molecule has 0 fully saturated rings. The molecule has 6 heteroatoms. The van der Waals surface area contributed by atoms with Crippen molar-refractivity contribution in [2.24, 2.45) is 0 Å². The van der Waals surface area contributed by atoms with E-state index < -0.39 is 0 Å². The smallest absolute Gasteiger partial charge is 0.284 e. The van der Waals surface area contributed by atoms with Gasteiger partial charge in [0.1, 0.15) is 4.83 Å². The first-order valence-corrected chi connectivity index (χ1v) is 10.9. The third-order valence-electron chi connectivity index (χ3n) is 5.52. The van der Waals surface area contributed by atoms with Crippen LogP contribution in [0.2, 0.25) is 5.02 Å². The molecule has 0 saturated heterocycles. The largest absolute Gasteiger partial charge is 0.336 e. The van der Waals surface area contributed by atoms with Gasteiger partial charge in [-0.2, -0.15) is 0 Å². The molecular formula is C23H19ClN2O2S. The third kappa shape index (κ3) is 3.15. The van der Waals surface area contributed by atoms with Gasteiger partial charge in [-0.15, -0.1) is 11.3 Å². The Bertz CT molecular complexity index is 1330. The molecule has 0 N–H and O–H groups in total. The average Bonchev–Trinajstić information content (AvgIpc) is 3.30. The fourth-order valence-electron chi connectivity index (χ4n) is 4.13. The summed E-state index contributed by atoms with van der Waals surface area (Å²) in [7, 11) is 0. The Morgan fingerprint density at radius 2 is 1.83 bits per heavy atom. The van der Waals surface area contributed by atoms with Crippen LogP contribution in [0, 0.1) is 0 Å². The molecule has 4 nitrogen and oxygen atoms in total. The van der Waals surface area contributed by atoms with Gasteiger partial charge >= 0.3 is 5.69 Å². The molecule has 2 aromatic carbocycles. The molecule has 0 bridgehead atoms. The maximum absolute atomic E-state index is 13.5. The van der Waals surface area contributed by atoms with Crippen molar-refractivity contribution in [1.29, 1.82) is 0 Å². The monoisotopic (exact) mass is 422 g/mol. The number of hydrogen-bond donors (Lipinski definition) is 0. The van der Waals surface area contributed by atoms with Crippen molar-refractivity contribution in [1.82, 2.24) is 9.13 Å². The summed E-state index contributed by atoms with van der Waals surface area (Å²) < 4.78 is 3.05. The zero-order valence-corrected chi connectivity index (χ0v) is 17.3. The first-order valence-electron chi connectivity index (χ1n) is 9.73. The topological polar surface area (TPSA) is 44.0 Å². The summed E-state index contributed by atoms with van der Waals surface area (Å²) >= 11 is 7.76. The van der Waals surface area contributed by atoms with Crippen molar-refractivity contribution in [2.45, 2.75) is 32.2 Å². The fraction of sp³-hybridized carbons (Fsp3) is 0.217. The van der Waals surface area contributed by atoms with Gasteiger partial charge in [0.2, 0.25) is 0 Å². The lowest BCUT2D eigenvalue weighted by Gasteiger charge is -2.13. The molecule has 0 spiro atoms. The van der Waals surface area contributed by atoms with Crippen LogP contribution in [0.1, 0.15) is 22.4 Å². The summed E-state index contributed by atoms with van der Waals surface area (Å²) in [4.78, 5) is 28.9. The Balaban J connectivity index is 1.75. The third-order valence-corrected chi connectivity index (χ3v) is 7.07. The van der Waals surface area contributed by atoms with Crippen LogP contribution in [0.25, 0.3) is 15.9 Å². The van der Waals surface area contributed by atoms with Crippen molar-refractivity contribution >= 4 is 33.2 Å². The minimum atomic E-state index is -0.305. The fourth-order valence-corrected chi connectivity index (χ4v) is 5.72. The second kappa shape index (κ2) is 7.32. The molecule has 0 atom stereocenters. The lowest BCUT2D eigenvalue weighted by molar-refractivity contribution is 0.652. The number of nitrogens with zero attached hydrogens (tertiary/aromatic N) is 2. The van der Waals surface area contributed by atoms with Gasteiger partial charge < -0.3 is 0 Å². The maximum atomic E-state index is 13.5. The number of fused-ring (bicyclic) bond motifs is 3. The van der Waals surface area contributed by atoms with Crippen LogP contribution < -0.4 is 11.2 Å². The van der Waals surface area contributed by atoms with E-state index in [1.807, 2.05) is 18.2 Å². The van der Waals surface area contributed by atoms with Crippen LogP contribution in [0.3, 0.4) is 0 Å². The van der Waals surface area contributed by atoms with E-state index >= 15 is 0 Å². The van der Waals surface area contributed by atoms with Gasteiger partial charge in [-0.3, -0.25) is 9.36 Å². The highest BCUT2D eigenvalue weighted by atomic mass is 35.5. The molecule has 2 aromatic heterocycles. The lowest BCUT2D eigenvalue weighted by Crippen LogP contribution is -2.39. The molecule has 1 aliphatic carbocycles. The summed E-state index contributed by atoms with van der Waals surface area (Å²) in [5.41, 5.74) is 2.26. The Hall–Kier alpha value is -2.63. The standard InChI is InChI=1S/C23H19ClN2O2S/c24-16-8-4-9-17(14-16)26-21(27)20-18-10-5-11-19(18)29-22(20)25(23(26)28)13-12-15-6-2-1-3-7-15/h1-4,6-9,14H,5,10-13H2. The second-order valence-electron chi connectivity index (χ2n) is 7.33. The van der Waals surface area contributed by atoms with E-state index in [-0.39, 0.29) is 11.2 Å². The summed E-state index contributed by atoms with van der Waals surface area (Å²) in [6, 6.07) is 17.0. The number of aromatic nitrogens is 2. The van der Waals surface area contributed by atoms with Gasteiger partial charge in [0.05, 0.1) is 11.1 Å². The van der Waals surface area contributed by atoms with Crippen LogP contribution in [0.5, 0.6) is 0 Å². The highest BCUT2D eigenvalue weighted by Gasteiger charge is 2.25. The summed E-state index contributed by atoms with van der Waals surface area (Å²) in [5, 5.41) is 1.20. The van der Waals surface area contributed by atoms with Crippen LogP contribution in [-0.2, 0) is 25.8 Å². The van der Waals surface area contributed by atoms with Gasteiger partial charge in [-0.1, -0.05) is 48.0 Å². The van der Waals surface area contributed by atoms with Crippen LogP contribution in [-0.4, -0.2) is 9.13 Å². The van der Waals surface area contributed by atoms with E-state index in [1.54, 1.807) is 40.2 Å². The Kier molecular flexibility index (Phi) is 4.64. The zero-order valence-electron chi connectivity index (χ0n) is 15.7. The van der Waals surface area contributed by atoms with E-state index in [4.69, 9.17) is 11.6 Å². The molecule has 1 aliphatic rings. The van der Waals surface area contributed by atoms with E-state index in [1.165, 1.54) is 9.44 Å². The predicted molar refractivity (Wildman–Crippen MR) is 119 cm³/mol. The molecule has 4 aromatic rings. The number of rotatable bonds is 4. The van der Waals surface area contributed by atoms with E-state index in [0.29, 0.717) is 22.6 Å². The predicted octanol–water partition coefficient (Wildman–Crippen LogP) is 4.60. The van der Waals surface area contributed by atoms with Gasteiger partial charge in [0.25, 0.3) is 5.56 Å². The normalized spacial score (nSPS) is 13.1. The van der Waals surface area contributed by atoms with Gasteiger partial charge in [0, 0.05) is 16.4 Å². The zero-order chi connectivity index (χ0) is 20.0. The molecule has 0 saturated carbocycles. The molecule has 0 radical (unpaired) electrons. The Morgan fingerprint density at radius 3 is 2.62 bits per heavy atom. The van der Waals surface area contributed by atoms with Gasteiger partial charge in [0.15, 0.2) is 0 Å². The van der Waals surface area contributed by atoms with Crippen LogP contribution >= 0.6 is 22.9 Å². The first kappa shape index (κ1) is 18.4. The molecule has 0 amide bonds. The summed E-state index contributed by atoms with van der Waals surface area (Å²) in [6.45, 7) is 0.527. The van der Waals surface area contributed by atoms with Crippen molar-refractivity contribution in [3.05, 3.63) is 96.5 Å². The minimum absolute atomic E-state index is 0.234. The van der Waals surface area contributed by atoms with Crippen LogP contribution in [0.15, 0.2) is 64.2 Å². The van der Waals surface area contributed by atoms with Gasteiger partial charge in [-0.25, -0.2) is 9.36 Å². The molecular weight excluding hydrogens is 404 g/mol. The van der Waals surface area contributed by atoms with Crippen molar-refractivity contribution in [3.63, 3.8) is 0 Å². The molecule has 0 unspecified atom stereocenters. The van der Waals surface area contributed by atoms with Crippen molar-refractivity contribution < 1.29 is 0 Å². The van der Waals surface area contributed by atoms with E-state index in [0.717, 1.165) is 41.6 Å². The number of hydrogen-bond acceptors (Lipinski definition) is 3. The first-order chi connectivity index (χ1) is 14.1. The average molecular weight is 423 g/mol. The van der Waals surface area contributed by atoms with Crippen LogP contribution in [0.4, 0.5) is 0 Å². The quantitative estimate of drug-likeness (QED) is 0.482. The summed E-state index contributed by atoms with van der Waals surface area (Å²) in [5.74, 6) is 0. The molecule has 0 aliphatic heterocycles. The minimum Gasteiger partial charge on any atom is -0.284 e. The SMILES string of the molecule is O=c1c2c3c(sc2n(CCc2ccccc2)c(=O)n1-c1cccc(Cl)c1)CCC3. The maximum Gasteiger partial charge on any atom is 0.336 e. The number of aryl methyl sites for hydroxylation is 4. The Labute approximate surface area is 176 Å². The molecule has 29 heavy (non-hydrogen) atoms. The second-order valence-corrected chi connectivity index (χ2v) is 8.85.